The predicted molar refractivity (Wildman–Crippen MR) is 85.4 cm³/mol. The van der Waals surface area contributed by atoms with Crippen molar-refractivity contribution in [3.63, 3.8) is 0 Å². The summed E-state index contributed by atoms with van der Waals surface area (Å²) in [5.41, 5.74) is 0. The zero-order valence-electron chi connectivity index (χ0n) is 13.9. The normalized spacial score (nSPS) is 18.1. The van der Waals surface area contributed by atoms with Gasteiger partial charge in [0, 0.05) is 13.6 Å². The largest absolute Gasteiger partial charge is 0.338 e. The minimum Gasteiger partial charge on any atom is -0.338 e. The van der Waals surface area contributed by atoms with Crippen molar-refractivity contribution < 1.29 is 4.79 Å². The van der Waals surface area contributed by atoms with Gasteiger partial charge in [-0.15, -0.1) is 10.2 Å². The van der Waals surface area contributed by atoms with E-state index in [2.05, 4.69) is 32.7 Å². The molecule has 1 aromatic rings. The van der Waals surface area contributed by atoms with Crippen molar-refractivity contribution in [2.75, 3.05) is 26.2 Å². The van der Waals surface area contributed by atoms with Crippen LogP contribution in [0.5, 0.6) is 0 Å². The zero-order chi connectivity index (χ0) is 15.9. The Morgan fingerprint density at radius 1 is 1.45 bits per heavy atom. The molecule has 1 aliphatic rings. The standard InChI is InChI=1S/C15H28N6O/c1-12-5-9-21(10-6-12)8-4-7-16-15(22)18-13(2)14-19-17-11-20(14)3/h11-13H,4-10H2,1-3H3,(H2,16,18,22)/t13-/m0/s1. The molecule has 1 aliphatic heterocycles. The molecule has 7 heteroatoms. The van der Waals surface area contributed by atoms with Gasteiger partial charge < -0.3 is 20.1 Å². The van der Waals surface area contributed by atoms with Crippen molar-refractivity contribution in [3.8, 4) is 0 Å². The van der Waals surface area contributed by atoms with Crippen LogP contribution in [0.2, 0.25) is 0 Å². The van der Waals surface area contributed by atoms with Crippen LogP contribution in [-0.4, -0.2) is 51.9 Å². The van der Waals surface area contributed by atoms with Gasteiger partial charge in [0.15, 0.2) is 5.82 Å². The number of hydrogen-bond donors (Lipinski definition) is 2. The van der Waals surface area contributed by atoms with Gasteiger partial charge in [-0.3, -0.25) is 0 Å². The fourth-order valence-corrected chi connectivity index (χ4v) is 2.79. The second-order valence-corrected chi connectivity index (χ2v) is 6.30. The van der Waals surface area contributed by atoms with Gasteiger partial charge in [0.1, 0.15) is 6.33 Å². The molecule has 22 heavy (non-hydrogen) atoms. The number of aryl methyl sites for hydroxylation is 1. The Morgan fingerprint density at radius 2 is 2.18 bits per heavy atom. The van der Waals surface area contributed by atoms with E-state index in [0.29, 0.717) is 6.54 Å². The lowest BCUT2D eigenvalue weighted by Crippen LogP contribution is -2.40. The predicted octanol–water partition coefficient (Wildman–Crippen LogP) is 1.30. The summed E-state index contributed by atoms with van der Waals surface area (Å²) in [6.45, 7) is 8.36. The summed E-state index contributed by atoms with van der Waals surface area (Å²) in [5.74, 6) is 1.61. The quantitative estimate of drug-likeness (QED) is 0.777. The first-order valence-electron chi connectivity index (χ1n) is 8.17. The van der Waals surface area contributed by atoms with Gasteiger partial charge in [0.2, 0.25) is 0 Å². The van der Waals surface area contributed by atoms with Crippen LogP contribution in [-0.2, 0) is 7.05 Å². The number of carbonyl (C=O) groups excluding carboxylic acids is 1. The molecule has 2 amide bonds. The molecule has 2 heterocycles. The van der Waals surface area contributed by atoms with Crippen molar-refractivity contribution >= 4 is 6.03 Å². The fourth-order valence-electron chi connectivity index (χ4n) is 2.79. The summed E-state index contributed by atoms with van der Waals surface area (Å²) in [5, 5.41) is 13.6. The molecule has 0 bridgehead atoms. The highest BCUT2D eigenvalue weighted by Crippen LogP contribution is 2.15. The van der Waals surface area contributed by atoms with Crippen LogP contribution >= 0.6 is 0 Å². The number of rotatable bonds is 6. The van der Waals surface area contributed by atoms with Gasteiger partial charge in [0.05, 0.1) is 6.04 Å². The van der Waals surface area contributed by atoms with Crippen molar-refractivity contribution in [2.45, 2.75) is 39.2 Å². The maximum Gasteiger partial charge on any atom is 0.315 e. The average molecular weight is 308 g/mol. The number of nitrogens with one attached hydrogen (secondary N) is 2. The molecule has 0 aliphatic carbocycles. The monoisotopic (exact) mass is 308 g/mol. The molecular weight excluding hydrogens is 280 g/mol. The van der Waals surface area contributed by atoms with Gasteiger partial charge in [-0.1, -0.05) is 6.92 Å². The third-order valence-corrected chi connectivity index (χ3v) is 4.29. The van der Waals surface area contributed by atoms with Gasteiger partial charge in [-0.2, -0.15) is 0 Å². The smallest absolute Gasteiger partial charge is 0.315 e. The summed E-state index contributed by atoms with van der Waals surface area (Å²) in [6, 6.07) is -0.307. The lowest BCUT2D eigenvalue weighted by Gasteiger charge is -2.30. The molecule has 0 spiro atoms. The molecule has 1 fully saturated rings. The summed E-state index contributed by atoms with van der Waals surface area (Å²) in [6.07, 6.45) is 5.21. The molecule has 2 rings (SSSR count). The highest BCUT2D eigenvalue weighted by Gasteiger charge is 2.16. The van der Waals surface area contributed by atoms with Crippen LogP contribution in [0.1, 0.15) is 45.0 Å². The SMILES string of the molecule is CC1CCN(CCCNC(=O)N[C@@H](C)c2nncn2C)CC1. The van der Waals surface area contributed by atoms with Crippen molar-refractivity contribution in [2.24, 2.45) is 13.0 Å². The molecule has 0 saturated carbocycles. The molecule has 1 aromatic heterocycles. The lowest BCUT2D eigenvalue weighted by molar-refractivity contribution is 0.190. The summed E-state index contributed by atoms with van der Waals surface area (Å²) in [7, 11) is 1.87. The van der Waals surface area contributed by atoms with Crippen LogP contribution in [0, 0.1) is 5.92 Å². The van der Waals surface area contributed by atoms with Crippen LogP contribution in [0.25, 0.3) is 0 Å². The molecular formula is C15H28N6O. The van der Waals surface area contributed by atoms with E-state index in [0.717, 1.165) is 24.7 Å². The number of likely N-dealkylation sites (tertiary alicyclic amines) is 1. The molecule has 1 atom stereocenters. The molecule has 1 saturated heterocycles. The van der Waals surface area contributed by atoms with E-state index in [1.807, 2.05) is 18.5 Å². The Labute approximate surface area is 132 Å². The van der Waals surface area contributed by atoms with E-state index in [-0.39, 0.29) is 12.1 Å². The Kier molecular flexibility index (Phi) is 6.18. The minimum absolute atomic E-state index is 0.150. The van der Waals surface area contributed by atoms with Crippen molar-refractivity contribution in [1.82, 2.24) is 30.3 Å². The molecule has 0 aromatic carbocycles. The zero-order valence-corrected chi connectivity index (χ0v) is 13.9. The summed E-state index contributed by atoms with van der Waals surface area (Å²) in [4.78, 5) is 14.3. The van der Waals surface area contributed by atoms with E-state index >= 15 is 0 Å². The van der Waals surface area contributed by atoms with E-state index < -0.39 is 0 Å². The third kappa shape index (κ3) is 4.98. The van der Waals surface area contributed by atoms with Crippen LogP contribution in [0.4, 0.5) is 4.79 Å². The van der Waals surface area contributed by atoms with Crippen LogP contribution in [0.3, 0.4) is 0 Å². The fraction of sp³-hybridized carbons (Fsp3) is 0.800. The molecule has 0 unspecified atom stereocenters. The van der Waals surface area contributed by atoms with E-state index in [1.54, 1.807) is 6.33 Å². The molecule has 7 nitrogen and oxygen atoms in total. The van der Waals surface area contributed by atoms with Gasteiger partial charge in [-0.25, -0.2) is 4.79 Å². The highest BCUT2D eigenvalue weighted by molar-refractivity contribution is 5.74. The lowest BCUT2D eigenvalue weighted by atomic mass is 9.99. The Hall–Kier alpha value is -1.63. The summed E-state index contributed by atoms with van der Waals surface area (Å²) >= 11 is 0. The van der Waals surface area contributed by atoms with Gasteiger partial charge in [-0.05, 0) is 51.7 Å². The topological polar surface area (TPSA) is 75.1 Å². The van der Waals surface area contributed by atoms with Crippen molar-refractivity contribution in [1.29, 1.82) is 0 Å². The maximum absolute atomic E-state index is 11.9. The second-order valence-electron chi connectivity index (χ2n) is 6.30. The number of piperidine rings is 1. The van der Waals surface area contributed by atoms with E-state index in [1.165, 1.54) is 25.9 Å². The number of aromatic nitrogens is 3. The first kappa shape index (κ1) is 16.7. The van der Waals surface area contributed by atoms with E-state index in [4.69, 9.17) is 0 Å². The first-order valence-corrected chi connectivity index (χ1v) is 8.17. The minimum atomic E-state index is -0.156. The second kappa shape index (κ2) is 8.12. The number of amides is 2. The number of carbonyl (C=O) groups is 1. The number of hydrogen-bond acceptors (Lipinski definition) is 4. The highest BCUT2D eigenvalue weighted by atomic mass is 16.2. The maximum atomic E-state index is 11.9. The van der Waals surface area contributed by atoms with Crippen LogP contribution in [0.15, 0.2) is 6.33 Å². The first-order chi connectivity index (χ1) is 10.6. The third-order valence-electron chi connectivity index (χ3n) is 4.29. The Morgan fingerprint density at radius 3 is 2.82 bits per heavy atom. The molecule has 0 radical (unpaired) electrons. The van der Waals surface area contributed by atoms with Gasteiger partial charge in [0.25, 0.3) is 0 Å². The van der Waals surface area contributed by atoms with Gasteiger partial charge >= 0.3 is 6.03 Å². The Balaban J connectivity index is 1.59. The Bertz CT molecular complexity index is 466. The number of nitrogens with zero attached hydrogens (tertiary/aromatic N) is 4. The average Bonchev–Trinajstić information content (AvgIpc) is 2.92. The summed E-state index contributed by atoms with van der Waals surface area (Å²) < 4.78 is 1.81. The molecule has 2 N–H and O–H groups in total. The van der Waals surface area contributed by atoms with Crippen LogP contribution < -0.4 is 10.6 Å². The molecule has 124 valence electrons. The number of urea groups is 1. The van der Waals surface area contributed by atoms with E-state index in [9.17, 15) is 4.79 Å². The van der Waals surface area contributed by atoms with Crippen molar-refractivity contribution in [3.05, 3.63) is 12.2 Å².